The highest BCUT2D eigenvalue weighted by molar-refractivity contribution is 8.03. The normalized spacial score (nSPS) is 17.3. The van der Waals surface area contributed by atoms with Gasteiger partial charge in [0.05, 0.1) is 16.1 Å². The van der Waals surface area contributed by atoms with Crippen LogP contribution in [-0.2, 0) is 10.8 Å². The van der Waals surface area contributed by atoms with Gasteiger partial charge in [-0.2, -0.15) is 0 Å². The van der Waals surface area contributed by atoms with Gasteiger partial charge in [-0.1, -0.05) is 129 Å². The highest BCUT2D eigenvalue weighted by Crippen LogP contribution is 2.51. The molecule has 9 rings (SSSR count). The van der Waals surface area contributed by atoms with Crippen molar-refractivity contribution in [2.75, 3.05) is 9.80 Å². The van der Waals surface area contributed by atoms with Crippen molar-refractivity contribution in [1.29, 1.82) is 0 Å². The Morgan fingerprint density at radius 3 is 2.12 bits per heavy atom. The lowest BCUT2D eigenvalue weighted by atomic mass is 9.35. The molecule has 1 aliphatic carbocycles. The van der Waals surface area contributed by atoms with Crippen LogP contribution in [0.15, 0.2) is 123 Å². The van der Waals surface area contributed by atoms with Crippen molar-refractivity contribution in [3.63, 3.8) is 0 Å². The molecule has 5 aromatic rings. The third kappa shape index (κ3) is 6.09. The van der Waals surface area contributed by atoms with Crippen molar-refractivity contribution in [2.45, 2.75) is 91.4 Å². The molecule has 286 valence electrons. The Labute approximate surface area is 343 Å². The van der Waals surface area contributed by atoms with Crippen LogP contribution in [0.5, 0.6) is 5.75 Å². The standard InChI is InChI=1S/C51H51BN2O2S/c1-12-41-44(47-31(2)57-43-19-14-13-18-42(43)55-47)46-48(56-41)52-37-30-34(51(9,10)11)24-29-38(37)53(35-25-20-32(21-26-35)49(3,4)5)39-16-15-17-40(45(39)52)54(46)36-27-22-33(23-28-36)50(6,7)8/h1,13-22,24-30,33H,23H2,2-11H3. The van der Waals surface area contributed by atoms with Crippen LogP contribution < -0.4 is 31.1 Å². The van der Waals surface area contributed by atoms with E-state index in [1.165, 1.54) is 22.1 Å². The fourth-order valence-electron chi connectivity index (χ4n) is 8.84. The first kappa shape index (κ1) is 37.3. The van der Waals surface area contributed by atoms with Gasteiger partial charge < -0.3 is 19.0 Å². The van der Waals surface area contributed by atoms with E-state index in [0.29, 0.717) is 11.7 Å². The van der Waals surface area contributed by atoms with Gasteiger partial charge in [0.25, 0.3) is 6.71 Å². The number of terminal acetylenes is 1. The van der Waals surface area contributed by atoms with Crippen LogP contribution in [0.2, 0.25) is 0 Å². The van der Waals surface area contributed by atoms with Gasteiger partial charge in [0.2, 0.25) is 0 Å². The van der Waals surface area contributed by atoms with Crippen LogP contribution in [0.4, 0.5) is 28.4 Å². The van der Waals surface area contributed by atoms with Gasteiger partial charge >= 0.3 is 0 Å². The van der Waals surface area contributed by atoms with Crippen molar-refractivity contribution >= 4 is 69.3 Å². The number of benzene rings is 4. The minimum Gasteiger partial charge on any atom is -0.459 e. The van der Waals surface area contributed by atoms with Crippen molar-refractivity contribution < 1.29 is 9.15 Å². The molecule has 57 heavy (non-hydrogen) atoms. The van der Waals surface area contributed by atoms with E-state index >= 15 is 0 Å². The maximum Gasteiger partial charge on any atom is 0.297 e. The van der Waals surface area contributed by atoms with Crippen LogP contribution in [0.25, 0.3) is 5.76 Å². The quantitative estimate of drug-likeness (QED) is 0.132. The molecule has 4 nitrogen and oxygen atoms in total. The van der Waals surface area contributed by atoms with Crippen molar-refractivity contribution in [2.24, 2.45) is 11.3 Å². The Hall–Kier alpha value is -5.25. The number of allylic oxidation sites excluding steroid dienone is 4. The average molecular weight is 767 g/mol. The Morgan fingerprint density at radius 1 is 0.789 bits per heavy atom. The zero-order chi connectivity index (χ0) is 40.2. The van der Waals surface area contributed by atoms with Gasteiger partial charge in [0.15, 0.2) is 11.5 Å². The lowest BCUT2D eigenvalue weighted by Crippen LogP contribution is -2.61. The minimum atomic E-state index is -0.217. The lowest BCUT2D eigenvalue weighted by molar-refractivity contribution is 0.293. The number of nitrogens with zero attached hydrogens (tertiary/aromatic N) is 2. The van der Waals surface area contributed by atoms with E-state index < -0.39 is 0 Å². The van der Waals surface area contributed by atoms with Crippen LogP contribution in [0.3, 0.4) is 0 Å². The third-order valence-corrected chi connectivity index (χ3v) is 13.2. The second kappa shape index (κ2) is 13.1. The number of furan rings is 1. The van der Waals surface area contributed by atoms with Crippen LogP contribution in [0.1, 0.15) is 98.1 Å². The molecule has 0 saturated carbocycles. The fraction of sp³-hybridized carbons (Fsp3) is 0.294. The molecule has 1 atom stereocenters. The first-order chi connectivity index (χ1) is 27.0. The number of ether oxygens (including phenoxy) is 1. The molecule has 0 N–H and O–H groups in total. The number of thioether (sulfide) groups is 1. The van der Waals surface area contributed by atoms with E-state index in [0.717, 1.165) is 73.1 Å². The summed E-state index contributed by atoms with van der Waals surface area (Å²) in [4.78, 5) is 6.99. The van der Waals surface area contributed by atoms with Crippen LogP contribution in [0, 0.1) is 23.7 Å². The summed E-state index contributed by atoms with van der Waals surface area (Å²) in [5, 5.41) is 0. The molecule has 0 radical (unpaired) electrons. The monoisotopic (exact) mass is 766 g/mol. The van der Waals surface area contributed by atoms with Gasteiger partial charge in [-0.3, -0.25) is 0 Å². The molecule has 0 amide bonds. The maximum atomic E-state index is 7.13. The summed E-state index contributed by atoms with van der Waals surface area (Å²) in [6.45, 7) is 22.5. The molecule has 1 unspecified atom stereocenters. The van der Waals surface area contributed by atoms with Crippen molar-refractivity contribution in [1.82, 2.24) is 0 Å². The Morgan fingerprint density at radius 2 is 1.47 bits per heavy atom. The van der Waals surface area contributed by atoms with E-state index in [4.69, 9.17) is 15.6 Å². The van der Waals surface area contributed by atoms with Gasteiger partial charge in [-0.25, -0.2) is 0 Å². The number of hydrogen-bond donors (Lipinski definition) is 0. The van der Waals surface area contributed by atoms with Gasteiger partial charge in [-0.05, 0) is 112 Å². The lowest BCUT2D eigenvalue weighted by Gasteiger charge is -2.43. The summed E-state index contributed by atoms with van der Waals surface area (Å²) in [7, 11) is 0. The number of fused-ring (bicyclic) bond motifs is 5. The predicted octanol–water partition coefficient (Wildman–Crippen LogP) is 12.0. The molecule has 0 fully saturated rings. The first-order valence-electron chi connectivity index (χ1n) is 20.2. The van der Waals surface area contributed by atoms with E-state index in [1.54, 1.807) is 11.8 Å². The molecule has 4 aliphatic rings. The van der Waals surface area contributed by atoms with Gasteiger partial charge in [0, 0.05) is 33.4 Å². The zero-order valence-corrected chi connectivity index (χ0v) is 35.7. The van der Waals surface area contributed by atoms with Gasteiger partial charge in [0.1, 0.15) is 11.4 Å². The van der Waals surface area contributed by atoms with E-state index in [9.17, 15) is 0 Å². The van der Waals surface area contributed by atoms with Crippen LogP contribution in [-0.4, -0.2) is 6.71 Å². The highest BCUT2D eigenvalue weighted by atomic mass is 32.2. The summed E-state index contributed by atoms with van der Waals surface area (Å²) in [6, 6.07) is 31.1. The summed E-state index contributed by atoms with van der Waals surface area (Å²) in [6.07, 6.45) is 14.5. The number of anilines is 5. The van der Waals surface area contributed by atoms with Crippen molar-refractivity contribution in [3.8, 4) is 18.1 Å². The van der Waals surface area contributed by atoms with E-state index in [1.807, 2.05) is 12.1 Å². The second-order valence-electron chi connectivity index (χ2n) is 19.0. The molecule has 0 bridgehead atoms. The molecule has 4 aromatic carbocycles. The number of para-hydroxylation sites is 1. The summed E-state index contributed by atoms with van der Waals surface area (Å²) in [5.74, 6) is 5.46. The average Bonchev–Trinajstić information content (AvgIpc) is 3.55. The summed E-state index contributed by atoms with van der Waals surface area (Å²) >= 11 is 1.72. The summed E-state index contributed by atoms with van der Waals surface area (Å²) in [5.41, 5.74) is 13.3. The summed E-state index contributed by atoms with van der Waals surface area (Å²) < 4.78 is 14.0. The topological polar surface area (TPSA) is 28.9 Å². The molecular weight excluding hydrogens is 715 g/mol. The van der Waals surface area contributed by atoms with Crippen LogP contribution >= 0.6 is 11.8 Å². The fourth-order valence-corrected chi connectivity index (χ4v) is 9.77. The smallest absolute Gasteiger partial charge is 0.297 e. The molecule has 6 heteroatoms. The molecule has 1 aromatic heterocycles. The maximum absolute atomic E-state index is 7.13. The first-order valence-corrected chi connectivity index (χ1v) is 21.0. The minimum absolute atomic E-state index is 0.0449. The van der Waals surface area contributed by atoms with Crippen molar-refractivity contribution in [3.05, 3.63) is 136 Å². The predicted molar refractivity (Wildman–Crippen MR) is 242 cm³/mol. The molecule has 4 heterocycles. The Balaban J connectivity index is 1.34. The van der Waals surface area contributed by atoms with E-state index in [-0.39, 0.29) is 23.0 Å². The second-order valence-corrected chi connectivity index (χ2v) is 20.3. The third-order valence-electron chi connectivity index (χ3n) is 12.1. The highest BCUT2D eigenvalue weighted by Gasteiger charge is 2.49. The zero-order valence-electron chi connectivity index (χ0n) is 34.9. The molecular formula is C51H51BN2O2S. The Kier molecular flexibility index (Phi) is 8.61. The largest absolute Gasteiger partial charge is 0.459 e. The SMILES string of the molecule is C#Cc1oc2c(c1C1=C(C)Sc3ccccc3O1)N(C1=CCC(C(C)(C)C)C=C1)c1cccc3c1B2c1cc(C(C)(C)C)ccc1N3c1ccc(C(C)(C)C)cc1. The molecule has 3 aliphatic heterocycles. The molecule has 0 saturated heterocycles. The number of hydrogen-bond acceptors (Lipinski definition) is 5. The van der Waals surface area contributed by atoms with E-state index in [2.05, 4.69) is 176 Å². The number of rotatable bonds is 3. The Bertz CT molecular complexity index is 2600. The molecule has 0 spiro atoms. The van der Waals surface area contributed by atoms with Gasteiger partial charge in [-0.15, -0.1) is 6.42 Å².